The summed E-state index contributed by atoms with van der Waals surface area (Å²) in [5.74, 6) is 0.0328. The number of rotatable bonds is 5. The molecule has 1 aliphatic heterocycles. The molecular weight excluding hydrogens is 284 g/mol. The van der Waals surface area contributed by atoms with Gasteiger partial charge in [0.2, 0.25) is 5.91 Å². The van der Waals surface area contributed by atoms with E-state index in [0.717, 1.165) is 19.5 Å². The predicted molar refractivity (Wildman–Crippen MR) is 92.9 cm³/mol. The first-order chi connectivity index (χ1) is 11.2. The smallest absolute Gasteiger partial charge is 0.217 e. The molecule has 120 valence electrons. The fourth-order valence-corrected chi connectivity index (χ4v) is 3.52. The zero-order valence-corrected chi connectivity index (χ0v) is 13.6. The number of carbonyl (C=O) groups excluding carboxylic acids is 1. The minimum atomic E-state index is 0.0328. The van der Waals surface area contributed by atoms with Crippen LogP contribution >= 0.6 is 0 Å². The van der Waals surface area contributed by atoms with Crippen LogP contribution in [0.15, 0.2) is 60.7 Å². The first-order valence-electron chi connectivity index (χ1n) is 8.34. The van der Waals surface area contributed by atoms with Gasteiger partial charge in [0.25, 0.3) is 0 Å². The fraction of sp³-hybridized carbons (Fsp3) is 0.350. The Balaban J connectivity index is 1.81. The lowest BCUT2D eigenvalue weighted by Crippen LogP contribution is -2.42. The number of likely N-dealkylation sites (tertiary alicyclic amines) is 1. The Bertz CT molecular complexity index is 627. The maximum atomic E-state index is 11.7. The van der Waals surface area contributed by atoms with E-state index in [-0.39, 0.29) is 11.9 Å². The summed E-state index contributed by atoms with van der Waals surface area (Å²) in [5.41, 5.74) is 2.52. The molecule has 2 aromatic carbocycles. The van der Waals surface area contributed by atoms with E-state index >= 15 is 0 Å². The SMILES string of the molecule is CC(=O)N[C@@H](c1ccccc1)[C@@H]1CCCN1Cc1ccccc1. The van der Waals surface area contributed by atoms with Crippen molar-refractivity contribution in [2.45, 2.75) is 38.4 Å². The molecule has 2 aromatic rings. The van der Waals surface area contributed by atoms with Gasteiger partial charge in [-0.1, -0.05) is 60.7 Å². The highest BCUT2D eigenvalue weighted by molar-refractivity contribution is 5.73. The molecule has 0 aliphatic carbocycles. The molecule has 0 spiro atoms. The summed E-state index contributed by atoms with van der Waals surface area (Å²) >= 11 is 0. The summed E-state index contributed by atoms with van der Waals surface area (Å²) in [6.07, 6.45) is 2.30. The van der Waals surface area contributed by atoms with Crippen molar-refractivity contribution in [1.82, 2.24) is 10.2 Å². The van der Waals surface area contributed by atoms with Crippen LogP contribution in [0.5, 0.6) is 0 Å². The second kappa shape index (κ2) is 7.42. The third-order valence-electron chi connectivity index (χ3n) is 4.54. The molecule has 1 saturated heterocycles. The Morgan fingerprint density at radius 2 is 1.78 bits per heavy atom. The molecule has 0 unspecified atom stereocenters. The van der Waals surface area contributed by atoms with Crippen molar-refractivity contribution in [2.24, 2.45) is 0 Å². The lowest BCUT2D eigenvalue weighted by Gasteiger charge is -2.32. The molecule has 1 heterocycles. The Kier molecular flexibility index (Phi) is 5.09. The molecule has 3 rings (SSSR count). The minimum Gasteiger partial charge on any atom is -0.348 e. The number of carbonyl (C=O) groups is 1. The van der Waals surface area contributed by atoms with Gasteiger partial charge in [-0.2, -0.15) is 0 Å². The molecule has 1 N–H and O–H groups in total. The van der Waals surface area contributed by atoms with Gasteiger partial charge in [0.05, 0.1) is 6.04 Å². The molecule has 0 radical (unpaired) electrons. The van der Waals surface area contributed by atoms with Gasteiger partial charge >= 0.3 is 0 Å². The van der Waals surface area contributed by atoms with E-state index in [4.69, 9.17) is 0 Å². The van der Waals surface area contributed by atoms with Crippen molar-refractivity contribution >= 4 is 5.91 Å². The van der Waals surface area contributed by atoms with Gasteiger partial charge in [-0.05, 0) is 30.5 Å². The molecular formula is C20H24N2O. The highest BCUT2D eigenvalue weighted by atomic mass is 16.1. The number of nitrogens with zero attached hydrogens (tertiary/aromatic N) is 1. The highest BCUT2D eigenvalue weighted by Crippen LogP contribution is 2.30. The second-order valence-electron chi connectivity index (χ2n) is 6.25. The van der Waals surface area contributed by atoms with E-state index in [0.29, 0.717) is 6.04 Å². The summed E-state index contributed by atoms with van der Waals surface area (Å²) in [7, 11) is 0. The molecule has 2 atom stereocenters. The second-order valence-corrected chi connectivity index (χ2v) is 6.25. The van der Waals surface area contributed by atoms with Crippen molar-refractivity contribution < 1.29 is 4.79 Å². The molecule has 0 bridgehead atoms. The average Bonchev–Trinajstić information content (AvgIpc) is 3.02. The molecule has 1 fully saturated rings. The number of hydrogen-bond donors (Lipinski definition) is 1. The summed E-state index contributed by atoms with van der Waals surface area (Å²) in [5, 5.41) is 3.17. The standard InChI is InChI=1S/C20H24N2O/c1-16(23)21-20(18-11-6-3-7-12-18)19-13-8-14-22(19)15-17-9-4-2-5-10-17/h2-7,9-12,19-20H,8,13-15H2,1H3,(H,21,23)/t19-,20-/m0/s1. The van der Waals surface area contributed by atoms with Gasteiger partial charge in [0, 0.05) is 19.5 Å². The Hall–Kier alpha value is -2.13. The molecule has 3 nitrogen and oxygen atoms in total. The lowest BCUT2D eigenvalue weighted by atomic mass is 9.97. The average molecular weight is 308 g/mol. The minimum absolute atomic E-state index is 0.0328. The van der Waals surface area contributed by atoms with Crippen LogP contribution in [0.1, 0.15) is 36.9 Å². The number of nitrogens with one attached hydrogen (secondary N) is 1. The quantitative estimate of drug-likeness (QED) is 0.916. The van der Waals surface area contributed by atoms with Crippen LogP contribution < -0.4 is 5.32 Å². The monoisotopic (exact) mass is 308 g/mol. The van der Waals surface area contributed by atoms with E-state index < -0.39 is 0 Å². The zero-order chi connectivity index (χ0) is 16.1. The van der Waals surface area contributed by atoms with E-state index in [1.807, 2.05) is 18.2 Å². The van der Waals surface area contributed by atoms with Crippen molar-refractivity contribution in [1.29, 1.82) is 0 Å². The summed E-state index contributed by atoms with van der Waals surface area (Å²) < 4.78 is 0. The van der Waals surface area contributed by atoms with Gasteiger partial charge in [-0.15, -0.1) is 0 Å². The van der Waals surface area contributed by atoms with Crippen molar-refractivity contribution in [3.05, 3.63) is 71.8 Å². The van der Waals surface area contributed by atoms with Crippen LogP contribution in [0.2, 0.25) is 0 Å². The van der Waals surface area contributed by atoms with Crippen molar-refractivity contribution in [3.63, 3.8) is 0 Å². The van der Waals surface area contributed by atoms with Crippen LogP contribution in [-0.4, -0.2) is 23.4 Å². The van der Waals surface area contributed by atoms with Gasteiger partial charge in [-0.3, -0.25) is 9.69 Å². The summed E-state index contributed by atoms with van der Waals surface area (Å²) in [4.78, 5) is 14.2. The van der Waals surface area contributed by atoms with Crippen LogP contribution in [0.4, 0.5) is 0 Å². The van der Waals surface area contributed by atoms with Gasteiger partial charge in [0.15, 0.2) is 0 Å². The van der Waals surface area contributed by atoms with Crippen LogP contribution in [0.3, 0.4) is 0 Å². The zero-order valence-electron chi connectivity index (χ0n) is 13.6. The first-order valence-corrected chi connectivity index (χ1v) is 8.34. The number of amides is 1. The molecule has 0 aromatic heterocycles. The largest absolute Gasteiger partial charge is 0.348 e. The molecule has 23 heavy (non-hydrogen) atoms. The maximum Gasteiger partial charge on any atom is 0.217 e. The fourth-order valence-electron chi connectivity index (χ4n) is 3.52. The molecule has 0 saturated carbocycles. The summed E-state index contributed by atoms with van der Waals surface area (Å²) in [6, 6.07) is 21.3. The maximum absolute atomic E-state index is 11.7. The van der Waals surface area contributed by atoms with E-state index in [2.05, 4.69) is 52.7 Å². The van der Waals surface area contributed by atoms with E-state index in [1.165, 1.54) is 17.5 Å². The van der Waals surface area contributed by atoms with Crippen molar-refractivity contribution in [2.75, 3.05) is 6.54 Å². The Morgan fingerprint density at radius 3 is 2.43 bits per heavy atom. The number of benzene rings is 2. The van der Waals surface area contributed by atoms with Gasteiger partial charge < -0.3 is 5.32 Å². The van der Waals surface area contributed by atoms with E-state index in [1.54, 1.807) is 6.92 Å². The van der Waals surface area contributed by atoms with Crippen LogP contribution in [-0.2, 0) is 11.3 Å². The van der Waals surface area contributed by atoms with E-state index in [9.17, 15) is 4.79 Å². The third kappa shape index (κ3) is 3.99. The van der Waals surface area contributed by atoms with Crippen LogP contribution in [0, 0.1) is 0 Å². The predicted octanol–water partition coefficient (Wildman–Crippen LogP) is 3.53. The number of hydrogen-bond acceptors (Lipinski definition) is 2. The highest BCUT2D eigenvalue weighted by Gasteiger charge is 2.33. The topological polar surface area (TPSA) is 32.3 Å². The normalized spacial score (nSPS) is 19.4. The molecule has 3 heteroatoms. The first kappa shape index (κ1) is 15.8. The van der Waals surface area contributed by atoms with Crippen LogP contribution in [0.25, 0.3) is 0 Å². The van der Waals surface area contributed by atoms with Gasteiger partial charge in [0.1, 0.15) is 0 Å². The Labute approximate surface area is 138 Å². The van der Waals surface area contributed by atoms with Crippen molar-refractivity contribution in [3.8, 4) is 0 Å². The third-order valence-corrected chi connectivity index (χ3v) is 4.54. The lowest BCUT2D eigenvalue weighted by molar-refractivity contribution is -0.120. The summed E-state index contributed by atoms with van der Waals surface area (Å²) in [6.45, 7) is 3.63. The van der Waals surface area contributed by atoms with Gasteiger partial charge in [-0.25, -0.2) is 0 Å². The molecule has 1 amide bonds. The Morgan fingerprint density at radius 1 is 1.13 bits per heavy atom. The molecule has 1 aliphatic rings.